The molecule has 1 aromatic heterocycles. The van der Waals surface area contributed by atoms with Gasteiger partial charge in [0.15, 0.2) is 5.82 Å². The van der Waals surface area contributed by atoms with Crippen LogP contribution in [0.4, 0.5) is 5.69 Å². The largest absolute Gasteiger partial charge is 0.384 e. The zero-order valence-electron chi connectivity index (χ0n) is 10.5. The second kappa shape index (κ2) is 4.72. The molecule has 1 aliphatic heterocycles. The molecule has 1 amide bonds. The van der Waals surface area contributed by atoms with Gasteiger partial charge in [-0.3, -0.25) is 4.79 Å². The van der Waals surface area contributed by atoms with Crippen LogP contribution in [-0.4, -0.2) is 22.6 Å². The SMILES string of the molecule is Cc1nc(CNC(=O)C2CNc3ccccc32)no1. The first-order chi connectivity index (χ1) is 9.24. The van der Waals surface area contributed by atoms with Crippen LogP contribution in [0.1, 0.15) is 23.2 Å². The van der Waals surface area contributed by atoms with Gasteiger partial charge < -0.3 is 15.2 Å². The summed E-state index contributed by atoms with van der Waals surface area (Å²) in [7, 11) is 0. The summed E-state index contributed by atoms with van der Waals surface area (Å²) in [6, 6.07) is 7.84. The minimum absolute atomic E-state index is 0.0279. The van der Waals surface area contributed by atoms with Crippen molar-refractivity contribution in [3.63, 3.8) is 0 Å². The number of para-hydroxylation sites is 1. The summed E-state index contributed by atoms with van der Waals surface area (Å²) >= 11 is 0. The summed E-state index contributed by atoms with van der Waals surface area (Å²) in [5.41, 5.74) is 2.06. The van der Waals surface area contributed by atoms with Gasteiger partial charge in [0.2, 0.25) is 11.8 Å². The van der Waals surface area contributed by atoms with Gasteiger partial charge in [0.25, 0.3) is 0 Å². The van der Waals surface area contributed by atoms with E-state index in [4.69, 9.17) is 4.52 Å². The Morgan fingerprint density at radius 1 is 1.53 bits per heavy atom. The molecule has 0 aliphatic carbocycles. The summed E-state index contributed by atoms with van der Waals surface area (Å²) in [6.45, 7) is 2.63. The highest BCUT2D eigenvalue weighted by atomic mass is 16.5. The maximum atomic E-state index is 12.2. The van der Waals surface area contributed by atoms with Crippen molar-refractivity contribution in [2.75, 3.05) is 11.9 Å². The van der Waals surface area contributed by atoms with Gasteiger partial charge in [-0.25, -0.2) is 0 Å². The monoisotopic (exact) mass is 258 g/mol. The zero-order chi connectivity index (χ0) is 13.2. The Bertz CT molecular complexity index is 608. The smallest absolute Gasteiger partial charge is 0.229 e. The lowest BCUT2D eigenvalue weighted by atomic mass is 10.0. The summed E-state index contributed by atoms with van der Waals surface area (Å²) in [4.78, 5) is 16.2. The number of benzene rings is 1. The first-order valence-corrected chi connectivity index (χ1v) is 6.14. The molecule has 3 rings (SSSR count). The lowest BCUT2D eigenvalue weighted by Crippen LogP contribution is -2.30. The Kier molecular flexibility index (Phi) is 2.91. The third kappa shape index (κ3) is 2.29. The molecule has 6 heteroatoms. The molecule has 0 saturated carbocycles. The first-order valence-electron chi connectivity index (χ1n) is 6.14. The fraction of sp³-hybridized carbons (Fsp3) is 0.308. The molecule has 1 atom stereocenters. The van der Waals surface area contributed by atoms with Gasteiger partial charge in [-0.05, 0) is 11.6 Å². The Labute approximate surface area is 110 Å². The van der Waals surface area contributed by atoms with E-state index in [0.29, 0.717) is 18.3 Å². The maximum absolute atomic E-state index is 12.2. The van der Waals surface area contributed by atoms with Crippen LogP contribution < -0.4 is 10.6 Å². The second-order valence-electron chi connectivity index (χ2n) is 4.47. The fourth-order valence-electron chi connectivity index (χ4n) is 2.22. The average Bonchev–Trinajstić information content (AvgIpc) is 3.02. The van der Waals surface area contributed by atoms with Crippen molar-refractivity contribution >= 4 is 11.6 Å². The lowest BCUT2D eigenvalue weighted by molar-refractivity contribution is -0.122. The fourth-order valence-corrected chi connectivity index (χ4v) is 2.22. The van der Waals surface area contributed by atoms with Crippen molar-refractivity contribution in [1.82, 2.24) is 15.5 Å². The van der Waals surface area contributed by atoms with Gasteiger partial charge in [-0.15, -0.1) is 0 Å². The van der Waals surface area contributed by atoms with Crippen molar-refractivity contribution in [2.45, 2.75) is 19.4 Å². The van der Waals surface area contributed by atoms with Crippen LogP contribution in [0.2, 0.25) is 0 Å². The summed E-state index contributed by atoms with van der Waals surface area (Å²) in [5, 5.41) is 9.80. The molecule has 1 aromatic carbocycles. The van der Waals surface area contributed by atoms with E-state index in [-0.39, 0.29) is 18.4 Å². The second-order valence-corrected chi connectivity index (χ2v) is 4.47. The first kappa shape index (κ1) is 11.7. The highest BCUT2D eigenvalue weighted by Gasteiger charge is 2.27. The number of fused-ring (bicyclic) bond motifs is 1. The van der Waals surface area contributed by atoms with Gasteiger partial charge in [-0.2, -0.15) is 4.98 Å². The maximum Gasteiger partial charge on any atom is 0.229 e. The van der Waals surface area contributed by atoms with Gasteiger partial charge in [0.1, 0.15) is 0 Å². The molecule has 0 spiro atoms. The highest BCUT2D eigenvalue weighted by Crippen LogP contribution is 2.30. The van der Waals surface area contributed by atoms with E-state index >= 15 is 0 Å². The Morgan fingerprint density at radius 3 is 3.16 bits per heavy atom. The number of carbonyl (C=O) groups is 1. The molecule has 0 saturated heterocycles. The molecule has 98 valence electrons. The summed E-state index contributed by atoms with van der Waals surface area (Å²) in [6.07, 6.45) is 0. The number of amides is 1. The Morgan fingerprint density at radius 2 is 2.37 bits per heavy atom. The molecule has 0 fully saturated rings. The minimum atomic E-state index is -0.163. The number of nitrogens with one attached hydrogen (secondary N) is 2. The van der Waals surface area contributed by atoms with E-state index in [0.717, 1.165) is 11.3 Å². The standard InChI is InChI=1S/C13H14N4O2/c1-8-16-12(17-19-8)7-15-13(18)10-6-14-11-5-3-2-4-9(10)11/h2-5,10,14H,6-7H2,1H3,(H,15,18). The quantitative estimate of drug-likeness (QED) is 0.864. The van der Waals surface area contributed by atoms with E-state index in [1.165, 1.54) is 0 Å². The molecule has 6 nitrogen and oxygen atoms in total. The third-order valence-electron chi connectivity index (χ3n) is 3.14. The number of aryl methyl sites for hydroxylation is 1. The molecule has 1 aliphatic rings. The normalized spacial score (nSPS) is 16.8. The van der Waals surface area contributed by atoms with Gasteiger partial charge >= 0.3 is 0 Å². The van der Waals surface area contributed by atoms with Crippen LogP contribution in [0.3, 0.4) is 0 Å². The molecule has 2 N–H and O–H groups in total. The number of anilines is 1. The predicted molar refractivity (Wildman–Crippen MR) is 68.6 cm³/mol. The molecular weight excluding hydrogens is 244 g/mol. The molecule has 0 radical (unpaired) electrons. The van der Waals surface area contributed by atoms with Crippen molar-refractivity contribution in [3.05, 3.63) is 41.5 Å². The van der Waals surface area contributed by atoms with Crippen LogP contribution in [0.25, 0.3) is 0 Å². The minimum Gasteiger partial charge on any atom is -0.384 e. The van der Waals surface area contributed by atoms with Crippen LogP contribution in [-0.2, 0) is 11.3 Å². The Hall–Kier alpha value is -2.37. The van der Waals surface area contributed by atoms with E-state index in [1.54, 1.807) is 6.92 Å². The summed E-state index contributed by atoms with van der Waals surface area (Å²) < 4.78 is 4.85. The van der Waals surface area contributed by atoms with E-state index in [9.17, 15) is 4.79 Å². The number of aromatic nitrogens is 2. The van der Waals surface area contributed by atoms with Crippen molar-refractivity contribution in [1.29, 1.82) is 0 Å². The zero-order valence-corrected chi connectivity index (χ0v) is 10.5. The number of hydrogen-bond donors (Lipinski definition) is 2. The number of nitrogens with zero attached hydrogens (tertiary/aromatic N) is 2. The Balaban J connectivity index is 1.66. The molecule has 2 aromatic rings. The van der Waals surface area contributed by atoms with E-state index in [1.807, 2.05) is 24.3 Å². The van der Waals surface area contributed by atoms with E-state index < -0.39 is 0 Å². The molecule has 0 bridgehead atoms. The number of rotatable bonds is 3. The topological polar surface area (TPSA) is 80.0 Å². The molecular formula is C13H14N4O2. The third-order valence-corrected chi connectivity index (χ3v) is 3.14. The average molecular weight is 258 g/mol. The highest BCUT2D eigenvalue weighted by molar-refractivity contribution is 5.88. The van der Waals surface area contributed by atoms with Crippen LogP contribution >= 0.6 is 0 Å². The van der Waals surface area contributed by atoms with Crippen LogP contribution in [0.5, 0.6) is 0 Å². The number of hydrogen-bond acceptors (Lipinski definition) is 5. The molecule has 2 heterocycles. The van der Waals surface area contributed by atoms with Crippen molar-refractivity contribution in [3.8, 4) is 0 Å². The van der Waals surface area contributed by atoms with E-state index in [2.05, 4.69) is 20.8 Å². The molecule has 19 heavy (non-hydrogen) atoms. The molecule has 1 unspecified atom stereocenters. The predicted octanol–water partition coefficient (Wildman–Crippen LogP) is 1.20. The van der Waals surface area contributed by atoms with Crippen molar-refractivity contribution < 1.29 is 9.32 Å². The van der Waals surface area contributed by atoms with Crippen LogP contribution in [0, 0.1) is 6.92 Å². The number of carbonyl (C=O) groups excluding carboxylic acids is 1. The lowest BCUT2D eigenvalue weighted by Gasteiger charge is -2.09. The summed E-state index contributed by atoms with van der Waals surface area (Å²) in [5.74, 6) is 0.798. The van der Waals surface area contributed by atoms with Gasteiger partial charge in [-0.1, -0.05) is 23.4 Å². The van der Waals surface area contributed by atoms with Gasteiger partial charge in [0, 0.05) is 19.2 Å². The van der Waals surface area contributed by atoms with Crippen LogP contribution in [0.15, 0.2) is 28.8 Å². The van der Waals surface area contributed by atoms with Crippen molar-refractivity contribution in [2.24, 2.45) is 0 Å². The van der Waals surface area contributed by atoms with Gasteiger partial charge in [0.05, 0.1) is 12.5 Å².